The maximum absolute atomic E-state index is 12.3. The number of aryl methyl sites for hydroxylation is 1. The predicted molar refractivity (Wildman–Crippen MR) is 93.8 cm³/mol. The summed E-state index contributed by atoms with van der Waals surface area (Å²) >= 11 is 0. The first kappa shape index (κ1) is 17.8. The molecule has 128 valence electrons. The minimum Gasteiger partial charge on any atom is -0.494 e. The van der Waals surface area contributed by atoms with Gasteiger partial charge in [-0.2, -0.15) is 0 Å². The van der Waals surface area contributed by atoms with Crippen LogP contribution in [0.25, 0.3) is 0 Å². The zero-order valence-corrected chi connectivity index (χ0v) is 14.8. The smallest absolute Gasteiger partial charge is 0.237 e. The second-order valence-corrected chi connectivity index (χ2v) is 6.71. The highest BCUT2D eigenvalue weighted by Gasteiger charge is 2.33. The van der Waals surface area contributed by atoms with Crippen molar-refractivity contribution in [1.29, 1.82) is 0 Å². The molecule has 1 saturated heterocycles. The molecule has 0 aliphatic carbocycles. The van der Waals surface area contributed by atoms with Gasteiger partial charge in [-0.05, 0) is 64.7 Å². The monoisotopic (exact) mass is 318 g/mol. The lowest BCUT2D eigenvalue weighted by Gasteiger charge is -2.31. The van der Waals surface area contributed by atoms with Crippen LogP contribution in [0.3, 0.4) is 0 Å². The fourth-order valence-corrected chi connectivity index (χ4v) is 3.44. The standard InChI is InChI=1S/C19H30N2O2/c1-14-7-5-8-18(13-14)23-12-6-11-20-19(22)17(4)21-15(2)9-10-16(21)3/h5,7-8,13,15-17H,6,9-12H2,1-4H3,(H,20,22). The Kier molecular flexibility index (Phi) is 6.46. The normalized spacial score (nSPS) is 22.8. The number of hydrogen-bond donors (Lipinski definition) is 1. The molecule has 0 bridgehead atoms. The summed E-state index contributed by atoms with van der Waals surface area (Å²) in [6.07, 6.45) is 3.18. The number of ether oxygens (including phenoxy) is 1. The Labute approximate surface area is 140 Å². The molecule has 1 N–H and O–H groups in total. The van der Waals surface area contributed by atoms with Crippen molar-refractivity contribution in [2.24, 2.45) is 0 Å². The molecule has 3 unspecified atom stereocenters. The number of nitrogens with one attached hydrogen (secondary N) is 1. The average Bonchev–Trinajstić information content (AvgIpc) is 2.85. The highest BCUT2D eigenvalue weighted by atomic mass is 16.5. The van der Waals surface area contributed by atoms with E-state index in [0.29, 0.717) is 25.2 Å². The largest absolute Gasteiger partial charge is 0.494 e. The first-order valence-corrected chi connectivity index (χ1v) is 8.73. The fourth-order valence-electron chi connectivity index (χ4n) is 3.44. The topological polar surface area (TPSA) is 41.6 Å². The lowest BCUT2D eigenvalue weighted by molar-refractivity contribution is -0.126. The van der Waals surface area contributed by atoms with Crippen molar-refractivity contribution in [3.8, 4) is 5.75 Å². The third-order valence-corrected chi connectivity index (χ3v) is 4.73. The number of amides is 1. The number of carbonyl (C=O) groups excluding carboxylic acids is 1. The van der Waals surface area contributed by atoms with E-state index in [1.165, 1.54) is 18.4 Å². The number of likely N-dealkylation sites (tertiary alicyclic amines) is 1. The second kappa shape index (κ2) is 8.34. The van der Waals surface area contributed by atoms with Crippen LogP contribution in [0.1, 0.15) is 45.6 Å². The van der Waals surface area contributed by atoms with Crippen LogP contribution < -0.4 is 10.1 Å². The summed E-state index contributed by atoms with van der Waals surface area (Å²) in [5.74, 6) is 1.02. The molecule has 3 atom stereocenters. The van der Waals surface area contributed by atoms with E-state index < -0.39 is 0 Å². The zero-order chi connectivity index (χ0) is 16.8. The van der Waals surface area contributed by atoms with Crippen LogP contribution in [0.15, 0.2) is 24.3 Å². The Morgan fingerprint density at radius 1 is 1.35 bits per heavy atom. The zero-order valence-electron chi connectivity index (χ0n) is 14.8. The molecule has 2 rings (SSSR count). The van der Waals surface area contributed by atoms with Crippen LogP contribution in [0.4, 0.5) is 0 Å². The van der Waals surface area contributed by atoms with Gasteiger partial charge in [-0.1, -0.05) is 12.1 Å². The van der Waals surface area contributed by atoms with Crippen LogP contribution in [0.5, 0.6) is 5.75 Å². The SMILES string of the molecule is Cc1cccc(OCCCNC(=O)C(C)N2C(C)CCC2C)c1. The van der Waals surface area contributed by atoms with Crippen LogP contribution >= 0.6 is 0 Å². The quantitative estimate of drug-likeness (QED) is 0.785. The molecule has 0 spiro atoms. The van der Waals surface area contributed by atoms with Gasteiger partial charge in [0.05, 0.1) is 12.6 Å². The van der Waals surface area contributed by atoms with Crippen molar-refractivity contribution in [3.05, 3.63) is 29.8 Å². The van der Waals surface area contributed by atoms with Gasteiger partial charge in [0.15, 0.2) is 0 Å². The Balaban J connectivity index is 1.66. The van der Waals surface area contributed by atoms with E-state index in [0.717, 1.165) is 12.2 Å². The molecule has 1 aromatic carbocycles. The minimum absolute atomic E-state index is 0.0554. The van der Waals surface area contributed by atoms with Gasteiger partial charge in [-0.25, -0.2) is 0 Å². The molecule has 4 heteroatoms. The van der Waals surface area contributed by atoms with Crippen molar-refractivity contribution in [2.75, 3.05) is 13.2 Å². The van der Waals surface area contributed by atoms with Gasteiger partial charge in [0.1, 0.15) is 5.75 Å². The fraction of sp³-hybridized carbons (Fsp3) is 0.632. The van der Waals surface area contributed by atoms with Gasteiger partial charge in [0.25, 0.3) is 0 Å². The summed E-state index contributed by atoms with van der Waals surface area (Å²) < 4.78 is 5.70. The minimum atomic E-state index is -0.0554. The average molecular weight is 318 g/mol. The molecule has 23 heavy (non-hydrogen) atoms. The summed E-state index contributed by atoms with van der Waals surface area (Å²) in [7, 11) is 0. The van der Waals surface area contributed by atoms with Gasteiger partial charge >= 0.3 is 0 Å². The number of hydrogen-bond acceptors (Lipinski definition) is 3. The molecule has 0 saturated carbocycles. The van der Waals surface area contributed by atoms with Crippen molar-refractivity contribution in [3.63, 3.8) is 0 Å². The maximum atomic E-state index is 12.3. The van der Waals surface area contributed by atoms with Crippen LogP contribution in [0.2, 0.25) is 0 Å². The van der Waals surface area contributed by atoms with Crippen molar-refractivity contribution >= 4 is 5.91 Å². The van der Waals surface area contributed by atoms with Crippen LogP contribution in [0, 0.1) is 6.92 Å². The summed E-state index contributed by atoms with van der Waals surface area (Å²) in [5, 5.41) is 3.04. The number of rotatable bonds is 7. The lowest BCUT2D eigenvalue weighted by atomic mass is 10.2. The Morgan fingerprint density at radius 3 is 2.70 bits per heavy atom. The van der Waals surface area contributed by atoms with E-state index in [4.69, 9.17) is 4.74 Å². The lowest BCUT2D eigenvalue weighted by Crippen LogP contribution is -2.49. The first-order chi connectivity index (χ1) is 11.0. The number of carbonyl (C=O) groups is 1. The number of nitrogens with zero attached hydrogens (tertiary/aromatic N) is 1. The van der Waals surface area contributed by atoms with E-state index in [1.54, 1.807) is 0 Å². The summed E-state index contributed by atoms with van der Waals surface area (Å²) in [4.78, 5) is 14.6. The van der Waals surface area contributed by atoms with Crippen molar-refractivity contribution < 1.29 is 9.53 Å². The molecule has 1 aliphatic heterocycles. The second-order valence-electron chi connectivity index (χ2n) is 6.71. The van der Waals surface area contributed by atoms with Gasteiger partial charge in [-0.3, -0.25) is 9.69 Å². The van der Waals surface area contributed by atoms with E-state index in [2.05, 4.69) is 37.1 Å². The summed E-state index contributed by atoms with van der Waals surface area (Å²) in [5.41, 5.74) is 1.19. The van der Waals surface area contributed by atoms with Crippen LogP contribution in [-0.2, 0) is 4.79 Å². The van der Waals surface area contributed by atoms with Gasteiger partial charge in [0, 0.05) is 18.6 Å². The van der Waals surface area contributed by atoms with Crippen LogP contribution in [-0.4, -0.2) is 42.1 Å². The highest BCUT2D eigenvalue weighted by Crippen LogP contribution is 2.25. The van der Waals surface area contributed by atoms with E-state index >= 15 is 0 Å². The molecule has 0 aromatic heterocycles. The molecule has 1 fully saturated rings. The highest BCUT2D eigenvalue weighted by molar-refractivity contribution is 5.81. The molecule has 1 aliphatic rings. The van der Waals surface area contributed by atoms with Crippen molar-refractivity contribution in [2.45, 2.75) is 65.1 Å². The Hall–Kier alpha value is -1.55. The van der Waals surface area contributed by atoms with E-state index in [-0.39, 0.29) is 11.9 Å². The van der Waals surface area contributed by atoms with E-state index in [1.807, 2.05) is 25.1 Å². The molecule has 4 nitrogen and oxygen atoms in total. The number of benzene rings is 1. The van der Waals surface area contributed by atoms with Gasteiger partial charge in [0.2, 0.25) is 5.91 Å². The summed E-state index contributed by atoms with van der Waals surface area (Å²) in [6, 6.07) is 8.97. The first-order valence-electron chi connectivity index (χ1n) is 8.73. The molecular weight excluding hydrogens is 288 g/mol. The molecule has 1 aromatic rings. The summed E-state index contributed by atoms with van der Waals surface area (Å²) in [6.45, 7) is 9.76. The van der Waals surface area contributed by atoms with E-state index in [9.17, 15) is 4.79 Å². The van der Waals surface area contributed by atoms with Gasteiger partial charge in [-0.15, -0.1) is 0 Å². The maximum Gasteiger partial charge on any atom is 0.237 e. The molecule has 1 heterocycles. The Morgan fingerprint density at radius 2 is 2.04 bits per heavy atom. The molecule has 1 amide bonds. The van der Waals surface area contributed by atoms with Gasteiger partial charge < -0.3 is 10.1 Å². The third-order valence-electron chi connectivity index (χ3n) is 4.73. The van der Waals surface area contributed by atoms with Crippen molar-refractivity contribution in [1.82, 2.24) is 10.2 Å². The predicted octanol–water partition coefficient (Wildman–Crippen LogP) is 3.14. The molecular formula is C19H30N2O2. The Bertz CT molecular complexity index is 508. The molecule has 0 radical (unpaired) electrons. The third kappa shape index (κ3) is 4.96.